The molecule has 2 bridgehead atoms. The summed E-state index contributed by atoms with van der Waals surface area (Å²) in [4.78, 5) is 0. The van der Waals surface area contributed by atoms with Crippen LogP contribution < -0.4 is 0 Å². The fraction of sp³-hybridized carbons (Fsp3) is 0.800. The topological polar surface area (TPSA) is 0 Å². The Kier molecular flexibility index (Phi) is 1.07. The van der Waals surface area contributed by atoms with Crippen molar-refractivity contribution in [2.75, 3.05) is 0 Å². The highest BCUT2D eigenvalue weighted by molar-refractivity contribution is 5.18. The molecule has 2 aliphatic rings. The van der Waals surface area contributed by atoms with Crippen LogP contribution in [0.4, 0.5) is 0 Å². The number of allylic oxidation sites excluding steroid dienone is 2. The second-order valence-electron chi connectivity index (χ2n) is 4.38. The van der Waals surface area contributed by atoms with Crippen LogP contribution in [0.5, 0.6) is 0 Å². The summed E-state index contributed by atoms with van der Waals surface area (Å²) in [6, 6.07) is 0. The molecular weight excluding hydrogens is 120 g/mol. The van der Waals surface area contributed by atoms with Crippen molar-refractivity contribution in [1.29, 1.82) is 0 Å². The van der Waals surface area contributed by atoms with Crippen LogP contribution in [0.1, 0.15) is 27.2 Å². The SMILES string of the molecule is CC1C2C=CC(C)(C2)C1C. The Bertz CT molecular complexity index is 180. The monoisotopic (exact) mass is 136 g/mol. The van der Waals surface area contributed by atoms with Gasteiger partial charge in [0.15, 0.2) is 0 Å². The Morgan fingerprint density at radius 1 is 1.40 bits per heavy atom. The van der Waals surface area contributed by atoms with E-state index in [1.54, 1.807) is 0 Å². The average molecular weight is 136 g/mol. The Labute approximate surface area is 63.3 Å². The Balaban J connectivity index is 2.35. The van der Waals surface area contributed by atoms with Crippen LogP contribution in [0.2, 0.25) is 0 Å². The van der Waals surface area contributed by atoms with E-state index in [9.17, 15) is 0 Å². The molecule has 1 fully saturated rings. The van der Waals surface area contributed by atoms with Gasteiger partial charge in [-0.15, -0.1) is 0 Å². The van der Waals surface area contributed by atoms with E-state index in [1.807, 2.05) is 0 Å². The van der Waals surface area contributed by atoms with Crippen LogP contribution in [-0.4, -0.2) is 0 Å². The lowest BCUT2D eigenvalue weighted by molar-refractivity contribution is 0.278. The van der Waals surface area contributed by atoms with Crippen LogP contribution >= 0.6 is 0 Å². The van der Waals surface area contributed by atoms with E-state index in [2.05, 4.69) is 32.9 Å². The van der Waals surface area contributed by atoms with Gasteiger partial charge < -0.3 is 0 Å². The quantitative estimate of drug-likeness (QED) is 0.449. The van der Waals surface area contributed by atoms with E-state index in [4.69, 9.17) is 0 Å². The normalized spacial score (nSPS) is 58.1. The lowest BCUT2D eigenvalue weighted by Crippen LogP contribution is -2.20. The van der Waals surface area contributed by atoms with Crippen molar-refractivity contribution in [3.05, 3.63) is 12.2 Å². The van der Waals surface area contributed by atoms with Gasteiger partial charge in [-0.25, -0.2) is 0 Å². The molecule has 0 aromatic heterocycles. The Morgan fingerprint density at radius 2 is 2.10 bits per heavy atom. The molecule has 0 radical (unpaired) electrons. The van der Waals surface area contributed by atoms with Crippen molar-refractivity contribution in [3.63, 3.8) is 0 Å². The van der Waals surface area contributed by atoms with Crippen molar-refractivity contribution in [2.45, 2.75) is 27.2 Å². The summed E-state index contributed by atoms with van der Waals surface area (Å²) in [5.41, 5.74) is 0.560. The second-order valence-corrected chi connectivity index (χ2v) is 4.38. The second kappa shape index (κ2) is 1.66. The first-order valence-corrected chi connectivity index (χ1v) is 4.33. The minimum atomic E-state index is 0.560. The fourth-order valence-corrected chi connectivity index (χ4v) is 2.66. The summed E-state index contributed by atoms with van der Waals surface area (Å²) in [6.45, 7) is 7.19. The molecule has 0 saturated heterocycles. The molecule has 2 aliphatic carbocycles. The molecule has 0 amide bonds. The average Bonchev–Trinajstić information content (AvgIpc) is 2.35. The molecule has 0 heterocycles. The molecule has 0 aliphatic heterocycles. The molecule has 56 valence electrons. The van der Waals surface area contributed by atoms with Crippen molar-refractivity contribution in [2.24, 2.45) is 23.2 Å². The van der Waals surface area contributed by atoms with Crippen LogP contribution in [-0.2, 0) is 0 Å². The van der Waals surface area contributed by atoms with E-state index >= 15 is 0 Å². The molecule has 0 aromatic carbocycles. The standard InChI is InChI=1S/C10H16/c1-7-8(2)10(3)5-4-9(7)6-10/h4-5,7-9H,6H2,1-3H3. The predicted octanol–water partition coefficient (Wildman–Crippen LogP) is 2.85. The first kappa shape index (κ1) is 6.45. The zero-order valence-corrected chi connectivity index (χ0v) is 7.09. The summed E-state index contributed by atoms with van der Waals surface area (Å²) in [7, 11) is 0. The number of fused-ring (bicyclic) bond motifs is 2. The molecule has 0 N–H and O–H groups in total. The van der Waals surface area contributed by atoms with Gasteiger partial charge in [0.2, 0.25) is 0 Å². The summed E-state index contributed by atoms with van der Waals surface area (Å²) >= 11 is 0. The summed E-state index contributed by atoms with van der Waals surface area (Å²) in [6.07, 6.45) is 6.27. The molecule has 0 aromatic rings. The van der Waals surface area contributed by atoms with Crippen LogP contribution in [0.15, 0.2) is 12.2 Å². The van der Waals surface area contributed by atoms with E-state index in [0.717, 1.165) is 17.8 Å². The molecule has 1 saturated carbocycles. The smallest absolute Gasteiger partial charge is 0.0112 e. The van der Waals surface area contributed by atoms with E-state index in [0.29, 0.717) is 5.41 Å². The van der Waals surface area contributed by atoms with Crippen LogP contribution in [0.25, 0.3) is 0 Å². The molecule has 0 spiro atoms. The Hall–Kier alpha value is -0.260. The van der Waals surface area contributed by atoms with E-state index in [-0.39, 0.29) is 0 Å². The van der Waals surface area contributed by atoms with Gasteiger partial charge in [-0.1, -0.05) is 32.9 Å². The molecule has 0 heteroatoms. The van der Waals surface area contributed by atoms with Gasteiger partial charge >= 0.3 is 0 Å². The Morgan fingerprint density at radius 3 is 2.40 bits per heavy atom. The van der Waals surface area contributed by atoms with Gasteiger partial charge in [-0.2, -0.15) is 0 Å². The maximum Gasteiger partial charge on any atom is -0.0112 e. The maximum absolute atomic E-state index is 2.43. The summed E-state index contributed by atoms with van der Waals surface area (Å²) in [5.74, 6) is 2.73. The minimum Gasteiger partial charge on any atom is -0.0846 e. The zero-order valence-electron chi connectivity index (χ0n) is 7.09. The van der Waals surface area contributed by atoms with Crippen LogP contribution in [0, 0.1) is 23.2 Å². The molecule has 4 unspecified atom stereocenters. The maximum atomic E-state index is 2.43. The third-order valence-electron chi connectivity index (χ3n) is 3.90. The first-order valence-electron chi connectivity index (χ1n) is 4.33. The van der Waals surface area contributed by atoms with Crippen molar-refractivity contribution in [3.8, 4) is 0 Å². The van der Waals surface area contributed by atoms with Gasteiger partial charge in [0, 0.05) is 0 Å². The van der Waals surface area contributed by atoms with Gasteiger partial charge in [-0.3, -0.25) is 0 Å². The molecule has 0 nitrogen and oxygen atoms in total. The minimum absolute atomic E-state index is 0.560. The molecule has 4 atom stereocenters. The van der Waals surface area contributed by atoms with Crippen LogP contribution in [0.3, 0.4) is 0 Å². The highest BCUT2D eigenvalue weighted by Gasteiger charge is 2.47. The molecule has 10 heavy (non-hydrogen) atoms. The third-order valence-corrected chi connectivity index (χ3v) is 3.90. The van der Waals surface area contributed by atoms with E-state index < -0.39 is 0 Å². The molecular formula is C10H16. The van der Waals surface area contributed by atoms with Crippen molar-refractivity contribution < 1.29 is 0 Å². The highest BCUT2D eigenvalue weighted by atomic mass is 14.5. The van der Waals surface area contributed by atoms with Gasteiger partial charge in [0.1, 0.15) is 0 Å². The third kappa shape index (κ3) is 0.574. The lowest BCUT2D eigenvalue weighted by atomic mass is 9.77. The first-order chi connectivity index (χ1) is 4.63. The molecule has 2 rings (SSSR count). The number of hydrogen-bond donors (Lipinski definition) is 0. The highest BCUT2D eigenvalue weighted by Crippen LogP contribution is 2.55. The lowest BCUT2D eigenvalue weighted by Gasteiger charge is -2.28. The predicted molar refractivity (Wildman–Crippen MR) is 43.7 cm³/mol. The van der Waals surface area contributed by atoms with E-state index in [1.165, 1.54) is 6.42 Å². The van der Waals surface area contributed by atoms with Crippen molar-refractivity contribution >= 4 is 0 Å². The van der Waals surface area contributed by atoms with Gasteiger partial charge in [0.05, 0.1) is 0 Å². The van der Waals surface area contributed by atoms with Crippen molar-refractivity contribution in [1.82, 2.24) is 0 Å². The number of rotatable bonds is 0. The largest absolute Gasteiger partial charge is 0.0846 e. The zero-order chi connectivity index (χ0) is 7.35. The van der Waals surface area contributed by atoms with Gasteiger partial charge in [-0.05, 0) is 29.6 Å². The number of hydrogen-bond acceptors (Lipinski definition) is 0. The van der Waals surface area contributed by atoms with Gasteiger partial charge in [0.25, 0.3) is 0 Å². The fourth-order valence-electron chi connectivity index (χ4n) is 2.66. The summed E-state index contributed by atoms with van der Waals surface area (Å²) < 4.78 is 0. The summed E-state index contributed by atoms with van der Waals surface area (Å²) in [5, 5.41) is 0.